The first kappa shape index (κ1) is 13.9. The summed E-state index contributed by atoms with van der Waals surface area (Å²) >= 11 is 5.97. The quantitative estimate of drug-likeness (QED) is 0.902. The second kappa shape index (κ2) is 6.55. The van der Waals surface area contributed by atoms with Crippen LogP contribution in [0, 0.1) is 0 Å². The molecule has 0 bridgehead atoms. The Morgan fingerprint density at radius 3 is 2.33 bits per heavy atom. The lowest BCUT2D eigenvalue weighted by Gasteiger charge is -2.38. The Morgan fingerprint density at radius 1 is 1.17 bits per heavy atom. The molecule has 3 heteroatoms. The van der Waals surface area contributed by atoms with Gasteiger partial charge in [-0.1, -0.05) is 37.1 Å². The number of nitrogens with two attached hydrogens (primary N) is 1. The summed E-state index contributed by atoms with van der Waals surface area (Å²) in [6, 6.07) is 8.72. The molecule has 2 unspecified atom stereocenters. The topological polar surface area (TPSA) is 29.3 Å². The second-order valence-corrected chi connectivity index (χ2v) is 5.60. The minimum Gasteiger partial charge on any atom is -0.326 e. The summed E-state index contributed by atoms with van der Waals surface area (Å²) in [5, 5.41) is 0.793. The monoisotopic (exact) mass is 266 g/mol. The zero-order valence-electron chi connectivity index (χ0n) is 11.1. The zero-order valence-corrected chi connectivity index (χ0v) is 11.9. The fourth-order valence-electron chi connectivity index (χ4n) is 2.81. The van der Waals surface area contributed by atoms with E-state index in [9.17, 15) is 0 Å². The molecule has 1 fully saturated rings. The molecular formula is C15H23ClN2. The normalized spacial score (nSPS) is 20.6. The van der Waals surface area contributed by atoms with Crippen molar-refractivity contribution in [3.63, 3.8) is 0 Å². The van der Waals surface area contributed by atoms with Gasteiger partial charge >= 0.3 is 0 Å². The highest BCUT2D eigenvalue weighted by Crippen LogP contribution is 2.28. The van der Waals surface area contributed by atoms with Crippen LogP contribution in [0.25, 0.3) is 0 Å². The van der Waals surface area contributed by atoms with Crippen LogP contribution in [0.1, 0.15) is 44.2 Å². The minimum absolute atomic E-state index is 0.198. The summed E-state index contributed by atoms with van der Waals surface area (Å²) in [5.74, 6) is 0. The van der Waals surface area contributed by atoms with Gasteiger partial charge in [-0.3, -0.25) is 4.90 Å². The Morgan fingerprint density at radius 2 is 1.78 bits per heavy atom. The van der Waals surface area contributed by atoms with Crippen molar-refractivity contribution in [3.8, 4) is 0 Å². The van der Waals surface area contributed by atoms with Gasteiger partial charge in [-0.15, -0.1) is 0 Å². The van der Waals surface area contributed by atoms with Gasteiger partial charge in [0, 0.05) is 17.1 Å². The first-order valence-corrected chi connectivity index (χ1v) is 7.35. The Balaban J connectivity index is 2.20. The molecule has 1 aliphatic heterocycles. The van der Waals surface area contributed by atoms with E-state index >= 15 is 0 Å². The molecule has 18 heavy (non-hydrogen) atoms. The van der Waals surface area contributed by atoms with E-state index in [1.165, 1.54) is 37.9 Å². The van der Waals surface area contributed by atoms with Crippen molar-refractivity contribution in [2.75, 3.05) is 13.1 Å². The summed E-state index contributed by atoms with van der Waals surface area (Å²) in [6.45, 7) is 4.50. The number of rotatable bonds is 4. The molecule has 0 amide bonds. The number of hydrogen-bond donors (Lipinski definition) is 1. The van der Waals surface area contributed by atoms with Gasteiger partial charge in [-0.2, -0.15) is 0 Å². The largest absolute Gasteiger partial charge is 0.326 e. The van der Waals surface area contributed by atoms with Crippen LogP contribution in [-0.4, -0.2) is 24.0 Å². The Bertz CT molecular complexity index is 357. The van der Waals surface area contributed by atoms with E-state index in [-0.39, 0.29) is 6.04 Å². The minimum atomic E-state index is 0.198. The van der Waals surface area contributed by atoms with Crippen molar-refractivity contribution in [2.24, 2.45) is 5.73 Å². The molecule has 2 nitrogen and oxygen atoms in total. The lowest BCUT2D eigenvalue weighted by atomic mass is 9.94. The SMILES string of the molecule is CCC(N)C(c1ccc(Cl)cc1)N1CCCCC1. The zero-order chi connectivity index (χ0) is 13.0. The molecule has 0 spiro atoms. The Hall–Kier alpha value is -0.570. The predicted octanol–water partition coefficient (Wildman–Crippen LogP) is 3.60. The first-order valence-electron chi connectivity index (χ1n) is 6.97. The summed E-state index contributed by atoms with van der Waals surface area (Å²) in [7, 11) is 0. The molecule has 2 N–H and O–H groups in total. The number of hydrogen-bond acceptors (Lipinski definition) is 2. The van der Waals surface area contributed by atoms with Crippen molar-refractivity contribution < 1.29 is 0 Å². The third-order valence-corrected chi connectivity index (χ3v) is 4.12. The van der Waals surface area contributed by atoms with Crippen LogP contribution in [0.2, 0.25) is 5.02 Å². The summed E-state index contributed by atoms with van der Waals surface area (Å²) in [5.41, 5.74) is 7.65. The maximum atomic E-state index is 6.34. The highest BCUT2D eigenvalue weighted by atomic mass is 35.5. The van der Waals surface area contributed by atoms with E-state index < -0.39 is 0 Å². The van der Waals surface area contributed by atoms with E-state index in [0.717, 1.165) is 11.4 Å². The third kappa shape index (κ3) is 3.25. The number of nitrogens with zero attached hydrogens (tertiary/aromatic N) is 1. The maximum absolute atomic E-state index is 6.34. The van der Waals surface area contributed by atoms with Crippen molar-refractivity contribution in [1.29, 1.82) is 0 Å². The highest BCUT2D eigenvalue weighted by Gasteiger charge is 2.26. The second-order valence-electron chi connectivity index (χ2n) is 5.17. The highest BCUT2D eigenvalue weighted by molar-refractivity contribution is 6.30. The Kier molecular flexibility index (Phi) is 5.04. The number of benzene rings is 1. The summed E-state index contributed by atoms with van der Waals surface area (Å²) in [6.07, 6.45) is 4.94. The van der Waals surface area contributed by atoms with Gasteiger partial charge < -0.3 is 5.73 Å². The fourth-order valence-corrected chi connectivity index (χ4v) is 2.93. The van der Waals surface area contributed by atoms with Crippen molar-refractivity contribution in [3.05, 3.63) is 34.9 Å². The molecule has 1 saturated heterocycles. The molecule has 0 aromatic heterocycles. The Labute approximate surface area is 115 Å². The number of likely N-dealkylation sites (tertiary alicyclic amines) is 1. The average molecular weight is 267 g/mol. The molecule has 2 rings (SSSR count). The van der Waals surface area contributed by atoms with Gasteiger partial charge in [0.2, 0.25) is 0 Å². The van der Waals surface area contributed by atoms with Crippen molar-refractivity contribution >= 4 is 11.6 Å². The van der Waals surface area contributed by atoms with Gasteiger partial charge in [-0.25, -0.2) is 0 Å². The molecule has 1 heterocycles. The number of piperidine rings is 1. The van der Waals surface area contributed by atoms with Crippen LogP contribution in [-0.2, 0) is 0 Å². The molecule has 0 saturated carbocycles. The lowest BCUT2D eigenvalue weighted by molar-refractivity contribution is 0.140. The molecule has 0 aliphatic carbocycles. The van der Waals surface area contributed by atoms with Crippen LogP contribution in [0.15, 0.2) is 24.3 Å². The van der Waals surface area contributed by atoms with Crippen LogP contribution >= 0.6 is 11.6 Å². The third-order valence-electron chi connectivity index (χ3n) is 3.87. The standard InChI is InChI=1S/C15H23ClN2/c1-2-14(17)15(18-10-4-3-5-11-18)12-6-8-13(16)9-7-12/h6-9,14-15H,2-5,10-11,17H2,1H3. The van der Waals surface area contributed by atoms with E-state index in [1.807, 2.05) is 12.1 Å². The molecule has 1 aromatic carbocycles. The maximum Gasteiger partial charge on any atom is 0.0499 e. The van der Waals surface area contributed by atoms with Gasteiger partial charge in [-0.05, 0) is 50.0 Å². The van der Waals surface area contributed by atoms with Gasteiger partial charge in [0.25, 0.3) is 0 Å². The summed E-state index contributed by atoms with van der Waals surface area (Å²) < 4.78 is 0. The predicted molar refractivity (Wildman–Crippen MR) is 77.9 cm³/mol. The van der Waals surface area contributed by atoms with Gasteiger partial charge in [0.05, 0.1) is 0 Å². The number of halogens is 1. The summed E-state index contributed by atoms with van der Waals surface area (Å²) in [4.78, 5) is 2.54. The first-order chi connectivity index (χ1) is 8.72. The van der Waals surface area contributed by atoms with Crippen LogP contribution in [0.3, 0.4) is 0 Å². The molecule has 1 aliphatic rings. The van der Waals surface area contributed by atoms with E-state index in [2.05, 4.69) is 24.0 Å². The van der Waals surface area contributed by atoms with E-state index in [0.29, 0.717) is 6.04 Å². The van der Waals surface area contributed by atoms with Gasteiger partial charge in [0.15, 0.2) is 0 Å². The van der Waals surface area contributed by atoms with E-state index in [4.69, 9.17) is 17.3 Å². The van der Waals surface area contributed by atoms with Crippen LogP contribution in [0.4, 0.5) is 0 Å². The van der Waals surface area contributed by atoms with Crippen molar-refractivity contribution in [1.82, 2.24) is 4.90 Å². The molecular weight excluding hydrogens is 244 g/mol. The molecule has 0 radical (unpaired) electrons. The van der Waals surface area contributed by atoms with Crippen molar-refractivity contribution in [2.45, 2.75) is 44.7 Å². The molecule has 100 valence electrons. The average Bonchev–Trinajstić information content (AvgIpc) is 2.42. The fraction of sp³-hybridized carbons (Fsp3) is 0.600. The molecule has 1 aromatic rings. The van der Waals surface area contributed by atoms with Crippen LogP contribution in [0.5, 0.6) is 0 Å². The van der Waals surface area contributed by atoms with Crippen LogP contribution < -0.4 is 5.73 Å². The van der Waals surface area contributed by atoms with E-state index in [1.54, 1.807) is 0 Å². The smallest absolute Gasteiger partial charge is 0.0499 e. The molecule has 2 atom stereocenters. The lowest BCUT2D eigenvalue weighted by Crippen LogP contribution is -2.43. The van der Waals surface area contributed by atoms with Gasteiger partial charge in [0.1, 0.15) is 0 Å².